The highest BCUT2D eigenvalue weighted by molar-refractivity contribution is 5.95. The van der Waals surface area contributed by atoms with Gasteiger partial charge in [0.25, 0.3) is 0 Å². The molecule has 134 valence electrons. The number of carbonyl (C=O) groups excluding carboxylic acids is 1. The number of hydrogen-bond acceptors (Lipinski definition) is 5. The molecule has 2 bridgehead atoms. The molecule has 7 nitrogen and oxygen atoms in total. The molecule has 0 spiro atoms. The molecule has 1 aliphatic heterocycles. The molecule has 2 aromatic rings. The molecule has 3 heterocycles. The van der Waals surface area contributed by atoms with Crippen molar-refractivity contribution in [1.29, 1.82) is 0 Å². The molecule has 4 N–H and O–H groups in total. The van der Waals surface area contributed by atoms with Gasteiger partial charge in [-0.3, -0.25) is 14.5 Å². The van der Waals surface area contributed by atoms with E-state index in [1.807, 2.05) is 19.1 Å². The molecular formula is C18H25N5O2. The molecular weight excluding hydrogens is 318 g/mol. The summed E-state index contributed by atoms with van der Waals surface area (Å²) in [7, 11) is 0. The Hall–Kier alpha value is -2.25. The zero-order chi connectivity index (χ0) is 17.8. The number of nitrogens with two attached hydrogens (primary N) is 1. The third kappa shape index (κ3) is 3.88. The lowest BCUT2D eigenvalue weighted by Gasteiger charge is -2.13. The van der Waals surface area contributed by atoms with Crippen molar-refractivity contribution in [3.63, 3.8) is 0 Å². The van der Waals surface area contributed by atoms with Gasteiger partial charge < -0.3 is 16.2 Å². The monoisotopic (exact) mass is 343 g/mol. The van der Waals surface area contributed by atoms with Crippen molar-refractivity contribution >= 4 is 11.6 Å². The van der Waals surface area contributed by atoms with Crippen LogP contribution in [0.5, 0.6) is 0 Å². The molecule has 0 saturated heterocycles. The van der Waals surface area contributed by atoms with Crippen molar-refractivity contribution in [2.45, 2.75) is 45.2 Å². The number of aromatic nitrogens is 3. The molecule has 2 atom stereocenters. The molecule has 0 saturated carbocycles. The molecule has 2 unspecified atom stereocenters. The van der Waals surface area contributed by atoms with E-state index in [2.05, 4.69) is 15.4 Å². The number of aliphatic hydroxyl groups is 1. The van der Waals surface area contributed by atoms with Crippen LogP contribution in [0, 0.1) is 5.92 Å². The average molecular weight is 343 g/mol. The number of carbonyl (C=O) groups is 1. The van der Waals surface area contributed by atoms with E-state index in [0.29, 0.717) is 12.2 Å². The van der Waals surface area contributed by atoms with Gasteiger partial charge in [0.2, 0.25) is 5.91 Å². The molecule has 25 heavy (non-hydrogen) atoms. The quantitative estimate of drug-likeness (QED) is 0.774. The first-order chi connectivity index (χ1) is 12.1. The normalized spacial score (nSPS) is 21.5. The Morgan fingerprint density at radius 2 is 2.20 bits per heavy atom. The van der Waals surface area contributed by atoms with Gasteiger partial charge in [-0.05, 0) is 25.0 Å². The Labute approximate surface area is 147 Å². The predicted octanol–water partition coefficient (Wildman–Crippen LogP) is 2.09. The minimum atomic E-state index is -0.127. The van der Waals surface area contributed by atoms with E-state index in [0.717, 1.165) is 42.6 Å². The number of hydrogen-bond donors (Lipinski definition) is 3. The van der Waals surface area contributed by atoms with Crippen LogP contribution in [0.4, 0.5) is 5.69 Å². The van der Waals surface area contributed by atoms with Crippen LogP contribution in [0.15, 0.2) is 24.5 Å². The van der Waals surface area contributed by atoms with Gasteiger partial charge in [0.15, 0.2) is 0 Å². The van der Waals surface area contributed by atoms with Gasteiger partial charge in [0, 0.05) is 23.7 Å². The summed E-state index contributed by atoms with van der Waals surface area (Å²) in [6, 6.07) is 3.70. The fourth-order valence-corrected chi connectivity index (χ4v) is 3.19. The third-order valence-corrected chi connectivity index (χ3v) is 4.69. The Bertz CT molecular complexity index is 743. The summed E-state index contributed by atoms with van der Waals surface area (Å²) in [5.74, 6) is -0.0881. The van der Waals surface area contributed by atoms with Gasteiger partial charge in [-0.1, -0.05) is 19.8 Å². The predicted molar refractivity (Wildman–Crippen MR) is 95.7 cm³/mol. The van der Waals surface area contributed by atoms with Crippen LogP contribution in [0.3, 0.4) is 0 Å². The molecule has 2 aromatic heterocycles. The summed E-state index contributed by atoms with van der Waals surface area (Å²) in [4.78, 5) is 16.9. The summed E-state index contributed by atoms with van der Waals surface area (Å²) in [6.07, 6.45) is 6.95. The van der Waals surface area contributed by atoms with Gasteiger partial charge in [-0.2, -0.15) is 5.10 Å². The van der Waals surface area contributed by atoms with E-state index < -0.39 is 0 Å². The summed E-state index contributed by atoms with van der Waals surface area (Å²) in [5, 5.41) is 16.6. The molecule has 3 rings (SSSR count). The highest BCUT2D eigenvalue weighted by Crippen LogP contribution is 2.31. The molecule has 7 heteroatoms. The van der Waals surface area contributed by atoms with E-state index in [9.17, 15) is 9.90 Å². The maximum Gasteiger partial charge on any atom is 0.227 e. The van der Waals surface area contributed by atoms with Crippen LogP contribution in [-0.2, 0) is 11.3 Å². The van der Waals surface area contributed by atoms with Gasteiger partial charge in [0.1, 0.15) is 0 Å². The maximum atomic E-state index is 12.5. The Morgan fingerprint density at radius 1 is 1.40 bits per heavy atom. The highest BCUT2D eigenvalue weighted by atomic mass is 16.3. The van der Waals surface area contributed by atoms with E-state index in [1.165, 1.54) is 0 Å². The summed E-state index contributed by atoms with van der Waals surface area (Å²) in [6.45, 7) is 2.26. The summed E-state index contributed by atoms with van der Waals surface area (Å²) in [5.41, 5.74) is 9.44. The minimum Gasteiger partial charge on any atom is -0.394 e. The zero-order valence-corrected chi connectivity index (χ0v) is 14.5. The van der Waals surface area contributed by atoms with Crippen LogP contribution in [0.25, 0.3) is 11.3 Å². The molecule has 0 radical (unpaired) electrons. The van der Waals surface area contributed by atoms with Crippen LogP contribution in [0.2, 0.25) is 0 Å². The van der Waals surface area contributed by atoms with E-state index >= 15 is 0 Å². The molecule has 1 aliphatic rings. The number of aliphatic hydroxyl groups excluding tert-OH is 1. The van der Waals surface area contributed by atoms with Crippen molar-refractivity contribution in [1.82, 2.24) is 14.8 Å². The van der Waals surface area contributed by atoms with Crippen molar-refractivity contribution in [3.05, 3.63) is 30.2 Å². The third-order valence-electron chi connectivity index (χ3n) is 4.69. The SMILES string of the molecule is CC1CCCCC(N)c2cc(ccn2)-c2c(cnn2CCO)NC1=O. The number of fused-ring (bicyclic) bond motifs is 4. The fourth-order valence-electron chi connectivity index (χ4n) is 3.19. The molecule has 0 fully saturated rings. The number of anilines is 1. The van der Waals surface area contributed by atoms with Crippen LogP contribution in [0.1, 0.15) is 44.3 Å². The Morgan fingerprint density at radius 3 is 3.00 bits per heavy atom. The lowest BCUT2D eigenvalue weighted by atomic mass is 9.99. The van der Waals surface area contributed by atoms with Gasteiger partial charge >= 0.3 is 0 Å². The second-order valence-electron chi connectivity index (χ2n) is 6.60. The number of nitrogens with zero attached hydrogens (tertiary/aromatic N) is 3. The highest BCUT2D eigenvalue weighted by Gasteiger charge is 2.20. The first-order valence-electron chi connectivity index (χ1n) is 8.79. The standard InChI is InChI=1S/C18H25N5O2/c1-12-4-2-3-5-14(19)15-10-13(6-7-20-15)17-16(22-18(12)25)11-21-23(17)8-9-24/h6-7,10-12,14,24H,2-5,8-9,19H2,1H3,(H,22,25). The minimum absolute atomic E-state index is 0.0115. The second kappa shape index (κ2) is 7.76. The lowest BCUT2D eigenvalue weighted by Crippen LogP contribution is -2.20. The van der Waals surface area contributed by atoms with E-state index in [4.69, 9.17) is 5.73 Å². The summed E-state index contributed by atoms with van der Waals surface area (Å²) < 4.78 is 1.70. The van der Waals surface area contributed by atoms with E-state index in [1.54, 1.807) is 17.1 Å². The largest absolute Gasteiger partial charge is 0.394 e. The molecule has 0 aliphatic carbocycles. The average Bonchev–Trinajstić information content (AvgIpc) is 3.00. The number of nitrogens with one attached hydrogen (secondary N) is 1. The fraction of sp³-hybridized carbons (Fsp3) is 0.500. The maximum absolute atomic E-state index is 12.5. The van der Waals surface area contributed by atoms with Crippen LogP contribution in [-0.4, -0.2) is 32.4 Å². The molecule has 1 amide bonds. The number of amides is 1. The summed E-state index contributed by atoms with van der Waals surface area (Å²) >= 11 is 0. The Balaban J connectivity index is 2.07. The first kappa shape index (κ1) is 17.6. The van der Waals surface area contributed by atoms with Gasteiger partial charge in [-0.15, -0.1) is 0 Å². The van der Waals surface area contributed by atoms with Gasteiger partial charge in [0.05, 0.1) is 36.4 Å². The Kier molecular flexibility index (Phi) is 5.45. The lowest BCUT2D eigenvalue weighted by molar-refractivity contribution is -0.119. The topological polar surface area (TPSA) is 106 Å². The molecule has 0 aromatic carbocycles. The zero-order valence-electron chi connectivity index (χ0n) is 14.5. The first-order valence-corrected chi connectivity index (χ1v) is 8.79. The smallest absolute Gasteiger partial charge is 0.227 e. The van der Waals surface area contributed by atoms with E-state index in [-0.39, 0.29) is 24.5 Å². The van der Waals surface area contributed by atoms with Gasteiger partial charge in [-0.25, -0.2) is 0 Å². The van der Waals surface area contributed by atoms with Crippen molar-refractivity contribution in [2.24, 2.45) is 11.7 Å². The van der Waals surface area contributed by atoms with Crippen LogP contribution >= 0.6 is 0 Å². The second-order valence-corrected chi connectivity index (χ2v) is 6.60. The number of pyridine rings is 1. The van der Waals surface area contributed by atoms with Crippen LogP contribution < -0.4 is 11.1 Å². The van der Waals surface area contributed by atoms with Crippen molar-refractivity contribution < 1.29 is 9.90 Å². The van der Waals surface area contributed by atoms with Crippen molar-refractivity contribution in [2.75, 3.05) is 11.9 Å². The van der Waals surface area contributed by atoms with Crippen molar-refractivity contribution in [3.8, 4) is 11.3 Å². The number of rotatable bonds is 2.